The molecule has 2 atom stereocenters. The Balaban J connectivity index is 2.10. The lowest BCUT2D eigenvalue weighted by Gasteiger charge is -2.24. The van der Waals surface area contributed by atoms with Gasteiger partial charge in [0.2, 0.25) is 0 Å². The molecule has 1 aliphatic rings. The minimum Gasteiger partial charge on any atom is -0.493 e. The van der Waals surface area contributed by atoms with Gasteiger partial charge in [-0.25, -0.2) is 0 Å². The Kier molecular flexibility index (Phi) is 5.40. The normalized spacial score (nSPS) is 20.9. The van der Waals surface area contributed by atoms with Gasteiger partial charge < -0.3 is 15.2 Å². The molecule has 2 unspecified atom stereocenters. The van der Waals surface area contributed by atoms with E-state index < -0.39 is 0 Å². The predicted octanol–water partition coefficient (Wildman–Crippen LogP) is 2.86. The van der Waals surface area contributed by atoms with Gasteiger partial charge in [0.05, 0.1) is 7.11 Å². The Morgan fingerprint density at radius 2 is 2.26 bits per heavy atom. The SMILES string of the molecule is COc1ccc(CC(C)N)cc1OC1CCCSC1. The molecule has 1 aliphatic heterocycles. The molecule has 3 nitrogen and oxygen atoms in total. The van der Waals surface area contributed by atoms with Gasteiger partial charge in [0, 0.05) is 11.8 Å². The van der Waals surface area contributed by atoms with Crippen LogP contribution in [0.3, 0.4) is 0 Å². The van der Waals surface area contributed by atoms with Gasteiger partial charge in [0.15, 0.2) is 11.5 Å². The number of benzene rings is 1. The monoisotopic (exact) mass is 281 g/mol. The van der Waals surface area contributed by atoms with Crippen molar-refractivity contribution in [2.24, 2.45) is 5.73 Å². The van der Waals surface area contributed by atoms with Crippen molar-refractivity contribution >= 4 is 11.8 Å². The van der Waals surface area contributed by atoms with E-state index in [1.807, 2.05) is 24.8 Å². The minimum atomic E-state index is 0.159. The highest BCUT2D eigenvalue weighted by atomic mass is 32.2. The molecule has 1 fully saturated rings. The van der Waals surface area contributed by atoms with Crippen LogP contribution in [-0.4, -0.2) is 30.8 Å². The molecule has 1 aromatic rings. The molecule has 19 heavy (non-hydrogen) atoms. The van der Waals surface area contributed by atoms with Gasteiger partial charge in [-0.15, -0.1) is 0 Å². The maximum absolute atomic E-state index is 6.11. The van der Waals surface area contributed by atoms with Crippen molar-refractivity contribution < 1.29 is 9.47 Å². The van der Waals surface area contributed by atoms with E-state index in [1.165, 1.54) is 17.7 Å². The highest BCUT2D eigenvalue weighted by Crippen LogP contribution is 2.31. The summed E-state index contributed by atoms with van der Waals surface area (Å²) in [5.41, 5.74) is 7.06. The molecule has 0 radical (unpaired) electrons. The third-order valence-electron chi connectivity index (χ3n) is 3.20. The summed E-state index contributed by atoms with van der Waals surface area (Å²) in [6.45, 7) is 2.02. The first-order valence-electron chi connectivity index (χ1n) is 6.86. The summed E-state index contributed by atoms with van der Waals surface area (Å²) >= 11 is 1.96. The van der Waals surface area contributed by atoms with E-state index >= 15 is 0 Å². The molecular weight excluding hydrogens is 258 g/mol. The third kappa shape index (κ3) is 4.32. The van der Waals surface area contributed by atoms with Crippen LogP contribution >= 0.6 is 11.8 Å². The zero-order chi connectivity index (χ0) is 13.7. The first-order valence-corrected chi connectivity index (χ1v) is 8.01. The van der Waals surface area contributed by atoms with Crippen molar-refractivity contribution in [2.45, 2.75) is 38.3 Å². The van der Waals surface area contributed by atoms with Crippen molar-refractivity contribution in [2.75, 3.05) is 18.6 Å². The van der Waals surface area contributed by atoms with E-state index in [0.29, 0.717) is 6.10 Å². The molecule has 1 heterocycles. The Labute approximate surface area is 119 Å². The van der Waals surface area contributed by atoms with Gasteiger partial charge in [0.1, 0.15) is 6.10 Å². The molecule has 2 N–H and O–H groups in total. The standard InChI is InChI=1S/C15H23NO2S/c1-11(16)8-12-5-6-14(17-2)15(9-12)18-13-4-3-7-19-10-13/h5-6,9,11,13H,3-4,7-8,10,16H2,1-2H3. The van der Waals surface area contributed by atoms with Gasteiger partial charge in [-0.05, 0) is 49.6 Å². The third-order valence-corrected chi connectivity index (χ3v) is 4.38. The summed E-state index contributed by atoms with van der Waals surface area (Å²) in [5.74, 6) is 3.99. The summed E-state index contributed by atoms with van der Waals surface area (Å²) in [5, 5.41) is 0. The minimum absolute atomic E-state index is 0.159. The molecule has 1 aromatic carbocycles. The van der Waals surface area contributed by atoms with Crippen LogP contribution in [0, 0.1) is 0 Å². The van der Waals surface area contributed by atoms with Crippen LogP contribution in [0.5, 0.6) is 11.5 Å². The van der Waals surface area contributed by atoms with Gasteiger partial charge in [-0.1, -0.05) is 6.07 Å². The molecule has 106 valence electrons. The van der Waals surface area contributed by atoms with E-state index in [4.69, 9.17) is 15.2 Å². The number of ether oxygens (including phenoxy) is 2. The highest BCUT2D eigenvalue weighted by molar-refractivity contribution is 7.99. The van der Waals surface area contributed by atoms with Crippen molar-refractivity contribution in [3.63, 3.8) is 0 Å². The van der Waals surface area contributed by atoms with Gasteiger partial charge in [-0.2, -0.15) is 11.8 Å². The summed E-state index contributed by atoms with van der Waals surface area (Å²) < 4.78 is 11.5. The van der Waals surface area contributed by atoms with Crippen molar-refractivity contribution in [3.05, 3.63) is 23.8 Å². The van der Waals surface area contributed by atoms with Crippen LogP contribution in [0.15, 0.2) is 18.2 Å². The zero-order valence-electron chi connectivity index (χ0n) is 11.7. The maximum Gasteiger partial charge on any atom is 0.161 e. The predicted molar refractivity (Wildman–Crippen MR) is 81.3 cm³/mol. The number of hydrogen-bond acceptors (Lipinski definition) is 4. The summed E-state index contributed by atoms with van der Waals surface area (Å²) in [7, 11) is 1.68. The van der Waals surface area contributed by atoms with E-state index in [-0.39, 0.29) is 6.04 Å². The van der Waals surface area contributed by atoms with E-state index in [1.54, 1.807) is 7.11 Å². The number of rotatable bonds is 5. The second kappa shape index (κ2) is 7.06. The van der Waals surface area contributed by atoms with E-state index in [0.717, 1.165) is 30.1 Å². The quantitative estimate of drug-likeness (QED) is 0.901. The van der Waals surface area contributed by atoms with Crippen LogP contribution in [0.2, 0.25) is 0 Å². The van der Waals surface area contributed by atoms with Crippen LogP contribution in [0.1, 0.15) is 25.3 Å². The average Bonchev–Trinajstić information content (AvgIpc) is 2.39. The van der Waals surface area contributed by atoms with Gasteiger partial charge >= 0.3 is 0 Å². The van der Waals surface area contributed by atoms with Crippen LogP contribution < -0.4 is 15.2 Å². The Morgan fingerprint density at radius 3 is 2.89 bits per heavy atom. The van der Waals surface area contributed by atoms with E-state index in [2.05, 4.69) is 12.1 Å². The molecule has 0 aliphatic carbocycles. The fraction of sp³-hybridized carbons (Fsp3) is 0.600. The van der Waals surface area contributed by atoms with E-state index in [9.17, 15) is 0 Å². The summed E-state index contributed by atoms with van der Waals surface area (Å²) in [6, 6.07) is 6.27. The highest BCUT2D eigenvalue weighted by Gasteiger charge is 2.17. The molecule has 0 spiro atoms. The number of hydrogen-bond donors (Lipinski definition) is 1. The summed E-state index contributed by atoms with van der Waals surface area (Å²) in [4.78, 5) is 0. The molecule has 0 aromatic heterocycles. The Hall–Kier alpha value is -0.870. The largest absolute Gasteiger partial charge is 0.493 e. The first kappa shape index (κ1) is 14.5. The topological polar surface area (TPSA) is 44.5 Å². The molecule has 2 rings (SSSR count). The molecular formula is C15H23NO2S. The molecule has 4 heteroatoms. The Morgan fingerprint density at radius 1 is 1.42 bits per heavy atom. The smallest absolute Gasteiger partial charge is 0.161 e. The maximum atomic E-state index is 6.11. The van der Waals surface area contributed by atoms with Crippen LogP contribution in [0.25, 0.3) is 0 Å². The van der Waals surface area contributed by atoms with Crippen LogP contribution in [0.4, 0.5) is 0 Å². The molecule has 0 amide bonds. The lowest BCUT2D eigenvalue weighted by Crippen LogP contribution is -2.23. The molecule has 0 bridgehead atoms. The Bertz CT molecular complexity index is 403. The first-order chi connectivity index (χ1) is 9.19. The van der Waals surface area contributed by atoms with Gasteiger partial charge in [0.25, 0.3) is 0 Å². The van der Waals surface area contributed by atoms with Crippen LogP contribution in [-0.2, 0) is 6.42 Å². The average molecular weight is 281 g/mol. The van der Waals surface area contributed by atoms with Crippen molar-refractivity contribution in [1.82, 2.24) is 0 Å². The fourth-order valence-electron chi connectivity index (χ4n) is 2.30. The van der Waals surface area contributed by atoms with Gasteiger partial charge in [-0.3, -0.25) is 0 Å². The molecule has 0 saturated carbocycles. The summed E-state index contributed by atoms with van der Waals surface area (Å²) in [6.07, 6.45) is 3.53. The number of methoxy groups -OCH3 is 1. The second-order valence-corrected chi connectivity index (χ2v) is 6.27. The van der Waals surface area contributed by atoms with Crippen molar-refractivity contribution in [3.8, 4) is 11.5 Å². The molecule has 1 saturated heterocycles. The lowest BCUT2D eigenvalue weighted by molar-refractivity contribution is 0.202. The fourth-order valence-corrected chi connectivity index (χ4v) is 3.33. The number of nitrogens with two attached hydrogens (primary N) is 1. The second-order valence-electron chi connectivity index (χ2n) is 5.12. The zero-order valence-corrected chi connectivity index (χ0v) is 12.5. The lowest BCUT2D eigenvalue weighted by atomic mass is 10.1. The van der Waals surface area contributed by atoms with Crippen molar-refractivity contribution in [1.29, 1.82) is 0 Å². The number of thioether (sulfide) groups is 1.